The van der Waals surface area contributed by atoms with E-state index in [4.69, 9.17) is 53.8 Å². The molecule has 1 aromatic carbocycles. The topological polar surface area (TPSA) is 106 Å². The number of halogens is 3. The van der Waals surface area contributed by atoms with Crippen LogP contribution < -0.4 is 0 Å². The predicted octanol–water partition coefficient (Wildman–Crippen LogP) is 4.98. The third-order valence-electron chi connectivity index (χ3n) is 4.16. The lowest BCUT2D eigenvalue weighted by Gasteiger charge is -2.32. The number of aromatic nitrogens is 2. The van der Waals surface area contributed by atoms with Crippen molar-refractivity contribution >= 4 is 63.7 Å². The minimum absolute atomic E-state index is 0.00102. The molecule has 2 aromatic rings. The second kappa shape index (κ2) is 13.6. The lowest BCUT2D eigenvalue weighted by molar-refractivity contribution is -0.186. The molecule has 0 bridgehead atoms. The van der Waals surface area contributed by atoms with Crippen molar-refractivity contribution in [3.8, 4) is 0 Å². The van der Waals surface area contributed by atoms with E-state index in [0.717, 1.165) is 0 Å². The molecule has 12 heteroatoms. The van der Waals surface area contributed by atoms with Crippen LogP contribution in [0.15, 0.2) is 12.1 Å². The number of nitrogens with zero attached hydrogens (tertiary/aromatic N) is 2. The van der Waals surface area contributed by atoms with Crippen molar-refractivity contribution in [2.75, 3.05) is 13.7 Å². The number of benzene rings is 1. The van der Waals surface area contributed by atoms with Crippen LogP contribution in [0.5, 0.6) is 0 Å². The van der Waals surface area contributed by atoms with E-state index in [9.17, 15) is 14.4 Å². The monoisotopic (exact) mass is 524 g/mol. The Labute approximate surface area is 207 Å². The van der Waals surface area contributed by atoms with Crippen molar-refractivity contribution in [3.63, 3.8) is 0 Å². The van der Waals surface area contributed by atoms with Gasteiger partial charge < -0.3 is 18.9 Å². The van der Waals surface area contributed by atoms with Gasteiger partial charge in [0.15, 0.2) is 12.3 Å². The van der Waals surface area contributed by atoms with Gasteiger partial charge in [0.25, 0.3) is 0 Å². The molecule has 0 amide bonds. The summed E-state index contributed by atoms with van der Waals surface area (Å²) >= 11 is 18.6. The maximum Gasteiger partial charge on any atom is 0.303 e. The number of fused-ring (bicyclic) bond motifs is 1. The SMILES string of the molecule is CC.COC(C(OC(C)=O)[C@@H](CCOC(C)=O)OC(C)=O)n1c(Cl)nc2cc(Cl)c(Cl)cc21. The third kappa shape index (κ3) is 8.03. The summed E-state index contributed by atoms with van der Waals surface area (Å²) in [7, 11) is 1.36. The molecule has 2 rings (SSSR count). The summed E-state index contributed by atoms with van der Waals surface area (Å²) in [6.07, 6.45) is -3.22. The number of imidazole rings is 1. The highest BCUT2D eigenvalue weighted by atomic mass is 35.5. The van der Waals surface area contributed by atoms with Gasteiger partial charge in [-0.25, -0.2) is 4.98 Å². The predicted molar refractivity (Wildman–Crippen MR) is 125 cm³/mol. The molecule has 9 nitrogen and oxygen atoms in total. The summed E-state index contributed by atoms with van der Waals surface area (Å²) in [5, 5.41) is 0.524. The Kier molecular flexibility index (Phi) is 11.9. The molecule has 0 spiro atoms. The fourth-order valence-electron chi connectivity index (χ4n) is 3.02. The summed E-state index contributed by atoms with van der Waals surface area (Å²) in [6.45, 7) is 7.56. The lowest BCUT2D eigenvalue weighted by Crippen LogP contribution is -2.42. The first kappa shape index (κ1) is 29.0. The molecular formula is C21H27Cl3N2O7. The van der Waals surface area contributed by atoms with Gasteiger partial charge in [0.2, 0.25) is 5.28 Å². The Bertz CT molecular complexity index is 980. The molecular weight excluding hydrogens is 499 g/mol. The molecule has 1 aromatic heterocycles. The van der Waals surface area contributed by atoms with E-state index in [1.54, 1.807) is 0 Å². The Morgan fingerprint density at radius 2 is 1.55 bits per heavy atom. The molecule has 184 valence electrons. The van der Waals surface area contributed by atoms with Crippen molar-refractivity contribution < 1.29 is 33.3 Å². The van der Waals surface area contributed by atoms with E-state index in [0.29, 0.717) is 11.0 Å². The molecule has 0 aliphatic heterocycles. The summed E-state index contributed by atoms with van der Waals surface area (Å²) in [4.78, 5) is 38.9. The molecule has 0 N–H and O–H groups in total. The van der Waals surface area contributed by atoms with Gasteiger partial charge in [0.05, 0.1) is 27.7 Å². The van der Waals surface area contributed by atoms with Crippen molar-refractivity contribution in [2.45, 2.75) is 59.5 Å². The second-order valence-corrected chi connectivity index (χ2v) is 7.64. The largest absolute Gasteiger partial charge is 0.466 e. The van der Waals surface area contributed by atoms with Crippen LogP contribution in [0.4, 0.5) is 0 Å². The molecule has 2 unspecified atom stereocenters. The summed E-state index contributed by atoms with van der Waals surface area (Å²) in [5.74, 6) is -1.79. The van der Waals surface area contributed by atoms with E-state index in [1.165, 1.54) is 44.6 Å². The van der Waals surface area contributed by atoms with Gasteiger partial charge in [-0.2, -0.15) is 0 Å². The van der Waals surface area contributed by atoms with E-state index in [1.807, 2.05) is 13.8 Å². The summed E-state index contributed by atoms with van der Waals surface area (Å²) in [6, 6.07) is 3.06. The molecule has 1 heterocycles. The maximum absolute atomic E-state index is 11.9. The van der Waals surface area contributed by atoms with Gasteiger partial charge in [0, 0.05) is 34.3 Å². The third-order valence-corrected chi connectivity index (χ3v) is 5.15. The van der Waals surface area contributed by atoms with E-state index >= 15 is 0 Å². The zero-order valence-corrected chi connectivity index (χ0v) is 21.5. The van der Waals surface area contributed by atoms with Gasteiger partial charge in [0.1, 0.15) is 6.10 Å². The fraction of sp³-hybridized carbons (Fsp3) is 0.524. The second-order valence-electron chi connectivity index (χ2n) is 6.48. The zero-order chi connectivity index (χ0) is 25.3. The molecule has 0 radical (unpaired) electrons. The summed E-state index contributed by atoms with van der Waals surface area (Å²) in [5.41, 5.74) is 0.872. The highest BCUT2D eigenvalue weighted by Crippen LogP contribution is 2.34. The van der Waals surface area contributed by atoms with Crippen molar-refractivity contribution in [2.24, 2.45) is 0 Å². The maximum atomic E-state index is 11.9. The average molecular weight is 526 g/mol. The highest BCUT2D eigenvalue weighted by Gasteiger charge is 2.38. The van der Waals surface area contributed by atoms with E-state index in [2.05, 4.69) is 4.98 Å². The molecule has 0 aliphatic carbocycles. The van der Waals surface area contributed by atoms with Crippen molar-refractivity contribution in [1.82, 2.24) is 9.55 Å². The fourth-order valence-corrected chi connectivity index (χ4v) is 3.62. The van der Waals surface area contributed by atoms with Gasteiger partial charge in [-0.3, -0.25) is 19.0 Å². The van der Waals surface area contributed by atoms with Crippen LogP contribution in [0.3, 0.4) is 0 Å². The lowest BCUT2D eigenvalue weighted by atomic mass is 10.1. The van der Waals surface area contributed by atoms with Crippen molar-refractivity contribution in [3.05, 3.63) is 27.5 Å². The van der Waals surface area contributed by atoms with Crippen LogP contribution in [-0.4, -0.2) is 53.4 Å². The normalized spacial score (nSPS) is 13.4. The smallest absolute Gasteiger partial charge is 0.303 e. The summed E-state index contributed by atoms with van der Waals surface area (Å²) < 4.78 is 22.8. The Morgan fingerprint density at radius 1 is 0.970 bits per heavy atom. The van der Waals surface area contributed by atoms with Crippen LogP contribution in [0.1, 0.15) is 47.3 Å². The van der Waals surface area contributed by atoms with Gasteiger partial charge in [-0.1, -0.05) is 37.0 Å². The first-order valence-electron chi connectivity index (χ1n) is 10.1. The zero-order valence-electron chi connectivity index (χ0n) is 19.2. The minimum atomic E-state index is -1.16. The minimum Gasteiger partial charge on any atom is -0.466 e. The molecule has 0 saturated carbocycles. The quantitative estimate of drug-likeness (QED) is 0.333. The Morgan fingerprint density at radius 3 is 2.06 bits per heavy atom. The first-order chi connectivity index (χ1) is 15.5. The number of ether oxygens (including phenoxy) is 4. The number of rotatable bonds is 9. The standard InChI is InChI=1S/C19H21Cl3N2O7.C2H6/c1-9(25)29-6-5-16(30-10(2)26)17(31-11(3)27)18(28-4)24-15-8-13(21)12(20)7-14(15)23-19(24)22;1-2/h7-8,16-18H,5-6H2,1-4H3;1-2H3/t16-,17?,18?;/m1./s1. The molecule has 3 atom stereocenters. The van der Waals surface area contributed by atoms with Crippen LogP contribution >= 0.6 is 34.8 Å². The number of hydrogen-bond donors (Lipinski definition) is 0. The number of methoxy groups -OCH3 is 1. The number of esters is 3. The van der Waals surface area contributed by atoms with Crippen LogP contribution in [0, 0.1) is 0 Å². The van der Waals surface area contributed by atoms with Crippen LogP contribution in [0.2, 0.25) is 15.3 Å². The molecule has 33 heavy (non-hydrogen) atoms. The number of hydrogen-bond acceptors (Lipinski definition) is 8. The Hall–Kier alpha value is -2.07. The highest BCUT2D eigenvalue weighted by molar-refractivity contribution is 6.42. The molecule has 0 aliphatic rings. The van der Waals surface area contributed by atoms with Gasteiger partial charge in [-0.05, 0) is 23.7 Å². The Balaban J connectivity index is 0.00000265. The van der Waals surface area contributed by atoms with Crippen molar-refractivity contribution in [1.29, 1.82) is 0 Å². The van der Waals surface area contributed by atoms with E-state index in [-0.39, 0.29) is 28.4 Å². The van der Waals surface area contributed by atoms with E-state index < -0.39 is 36.3 Å². The number of carbonyl (C=O) groups excluding carboxylic acids is 3. The molecule has 0 fully saturated rings. The van der Waals surface area contributed by atoms with Crippen LogP contribution in [-0.2, 0) is 33.3 Å². The first-order valence-corrected chi connectivity index (χ1v) is 11.2. The van der Waals surface area contributed by atoms with Crippen LogP contribution in [0.25, 0.3) is 11.0 Å². The molecule has 0 saturated heterocycles. The number of carbonyl (C=O) groups is 3. The van der Waals surface area contributed by atoms with Gasteiger partial charge in [-0.15, -0.1) is 0 Å². The average Bonchev–Trinajstić information content (AvgIpc) is 3.03. The van der Waals surface area contributed by atoms with Gasteiger partial charge >= 0.3 is 17.9 Å².